The second kappa shape index (κ2) is 5.55. The van der Waals surface area contributed by atoms with Gasteiger partial charge in [0.25, 0.3) is 10.0 Å². The van der Waals surface area contributed by atoms with Gasteiger partial charge in [-0.3, -0.25) is 4.31 Å². The molecule has 1 aromatic heterocycles. The number of aryl methyl sites for hydroxylation is 2. The van der Waals surface area contributed by atoms with Crippen LogP contribution in [0.3, 0.4) is 0 Å². The van der Waals surface area contributed by atoms with E-state index in [1.807, 2.05) is 19.1 Å². The molecule has 0 aliphatic rings. The van der Waals surface area contributed by atoms with Gasteiger partial charge in [0.05, 0.1) is 12.3 Å². The van der Waals surface area contributed by atoms with Gasteiger partial charge < -0.3 is 5.11 Å². The molecule has 0 aliphatic heterocycles. The van der Waals surface area contributed by atoms with Gasteiger partial charge in [0.2, 0.25) is 0 Å². The second-order valence-electron chi connectivity index (χ2n) is 4.64. The van der Waals surface area contributed by atoms with E-state index in [4.69, 9.17) is 0 Å². The first-order chi connectivity index (χ1) is 9.36. The summed E-state index contributed by atoms with van der Waals surface area (Å²) in [6.07, 6.45) is 0. The highest BCUT2D eigenvalue weighted by Crippen LogP contribution is 2.30. The third-order valence-corrected chi connectivity index (χ3v) is 6.61. The van der Waals surface area contributed by atoms with E-state index in [0.717, 1.165) is 22.5 Å². The minimum Gasteiger partial charge on any atom is -0.391 e. The number of nitrogens with zero attached hydrogens (tertiary/aromatic N) is 1. The third-order valence-electron chi connectivity index (χ3n) is 3.15. The molecular formula is C14H17NO3S2. The van der Waals surface area contributed by atoms with Gasteiger partial charge in [-0.1, -0.05) is 17.7 Å². The van der Waals surface area contributed by atoms with Crippen molar-refractivity contribution in [1.29, 1.82) is 0 Å². The molecule has 1 aromatic carbocycles. The standard InChI is InChI=1S/C14H17NO3S2/c1-10-4-6-12(7-5-10)15(3)20(17,18)14-8-11(2)13(9-16)19-14/h4-8,16H,9H2,1-3H3. The highest BCUT2D eigenvalue weighted by Gasteiger charge is 2.24. The lowest BCUT2D eigenvalue weighted by molar-refractivity contribution is 0.285. The molecule has 4 nitrogen and oxygen atoms in total. The van der Waals surface area contributed by atoms with Crippen LogP contribution < -0.4 is 4.31 Å². The van der Waals surface area contributed by atoms with Crippen molar-refractivity contribution in [3.05, 3.63) is 46.3 Å². The average molecular weight is 311 g/mol. The van der Waals surface area contributed by atoms with E-state index in [1.54, 1.807) is 25.1 Å². The van der Waals surface area contributed by atoms with Crippen LogP contribution in [0.1, 0.15) is 16.0 Å². The number of sulfonamides is 1. The number of thiophene rings is 1. The Bertz CT molecular complexity index is 703. The molecule has 1 heterocycles. The summed E-state index contributed by atoms with van der Waals surface area (Å²) < 4.78 is 26.6. The molecule has 0 atom stereocenters. The number of anilines is 1. The Hall–Kier alpha value is -1.37. The third kappa shape index (κ3) is 2.72. The molecule has 0 spiro atoms. The zero-order chi connectivity index (χ0) is 14.9. The van der Waals surface area contributed by atoms with Gasteiger partial charge in [-0.25, -0.2) is 8.42 Å². The van der Waals surface area contributed by atoms with Crippen LogP contribution in [-0.4, -0.2) is 20.6 Å². The monoisotopic (exact) mass is 311 g/mol. The quantitative estimate of drug-likeness (QED) is 0.944. The van der Waals surface area contributed by atoms with Crippen molar-refractivity contribution in [2.24, 2.45) is 0 Å². The van der Waals surface area contributed by atoms with Crippen LogP contribution in [-0.2, 0) is 16.6 Å². The van der Waals surface area contributed by atoms with Crippen molar-refractivity contribution in [1.82, 2.24) is 0 Å². The summed E-state index contributed by atoms with van der Waals surface area (Å²) in [6.45, 7) is 3.61. The fourth-order valence-corrected chi connectivity index (χ4v) is 4.62. The van der Waals surface area contributed by atoms with Gasteiger partial charge in [0.15, 0.2) is 0 Å². The largest absolute Gasteiger partial charge is 0.391 e. The summed E-state index contributed by atoms with van der Waals surface area (Å²) in [5.41, 5.74) is 2.50. The molecule has 0 unspecified atom stereocenters. The summed E-state index contributed by atoms with van der Waals surface area (Å²) in [5, 5.41) is 9.19. The molecule has 2 aromatic rings. The molecule has 2 rings (SSSR count). The van der Waals surface area contributed by atoms with Crippen LogP contribution in [0.5, 0.6) is 0 Å². The van der Waals surface area contributed by atoms with Crippen LogP contribution in [0.15, 0.2) is 34.5 Å². The number of hydrogen-bond acceptors (Lipinski definition) is 4. The number of hydrogen-bond donors (Lipinski definition) is 1. The molecule has 0 saturated carbocycles. The first-order valence-corrected chi connectivity index (χ1v) is 8.37. The lowest BCUT2D eigenvalue weighted by atomic mass is 10.2. The van der Waals surface area contributed by atoms with Crippen LogP contribution in [0, 0.1) is 13.8 Å². The van der Waals surface area contributed by atoms with Gasteiger partial charge in [-0.2, -0.15) is 0 Å². The van der Waals surface area contributed by atoms with Crippen molar-refractivity contribution >= 4 is 27.0 Å². The van der Waals surface area contributed by atoms with Gasteiger partial charge in [-0.15, -0.1) is 11.3 Å². The number of aliphatic hydroxyl groups excluding tert-OH is 1. The first-order valence-electron chi connectivity index (χ1n) is 6.12. The van der Waals surface area contributed by atoms with Crippen molar-refractivity contribution in [2.45, 2.75) is 24.7 Å². The molecular weight excluding hydrogens is 294 g/mol. The fraction of sp³-hybridized carbons (Fsp3) is 0.286. The Balaban J connectivity index is 2.40. The first kappa shape index (κ1) is 15.0. The topological polar surface area (TPSA) is 57.6 Å². The number of aliphatic hydroxyl groups is 1. The Morgan fingerprint density at radius 2 is 1.80 bits per heavy atom. The van der Waals surface area contributed by atoms with E-state index in [9.17, 15) is 13.5 Å². The van der Waals surface area contributed by atoms with Crippen LogP contribution in [0.25, 0.3) is 0 Å². The molecule has 0 bridgehead atoms. The molecule has 0 aliphatic carbocycles. The maximum atomic E-state index is 12.6. The average Bonchev–Trinajstić information content (AvgIpc) is 2.80. The summed E-state index contributed by atoms with van der Waals surface area (Å²) in [5.74, 6) is 0. The van der Waals surface area contributed by atoms with Gasteiger partial charge in [0, 0.05) is 11.9 Å². The van der Waals surface area contributed by atoms with E-state index >= 15 is 0 Å². The minimum absolute atomic E-state index is 0.139. The maximum Gasteiger partial charge on any atom is 0.273 e. The molecule has 6 heteroatoms. The maximum absolute atomic E-state index is 12.6. The molecule has 0 saturated heterocycles. The van der Waals surface area contributed by atoms with Crippen molar-refractivity contribution in [3.8, 4) is 0 Å². The van der Waals surface area contributed by atoms with Crippen LogP contribution in [0.4, 0.5) is 5.69 Å². The lowest BCUT2D eigenvalue weighted by Crippen LogP contribution is -2.25. The summed E-state index contributed by atoms with van der Waals surface area (Å²) in [6, 6.07) is 8.91. The minimum atomic E-state index is -3.58. The highest BCUT2D eigenvalue weighted by molar-refractivity contribution is 7.94. The molecule has 1 N–H and O–H groups in total. The van der Waals surface area contributed by atoms with E-state index in [-0.39, 0.29) is 10.8 Å². The number of benzene rings is 1. The van der Waals surface area contributed by atoms with Crippen molar-refractivity contribution in [2.75, 3.05) is 11.4 Å². The second-order valence-corrected chi connectivity index (χ2v) is 7.97. The van der Waals surface area contributed by atoms with E-state index in [1.165, 1.54) is 11.4 Å². The van der Waals surface area contributed by atoms with E-state index < -0.39 is 10.0 Å². The van der Waals surface area contributed by atoms with E-state index in [2.05, 4.69) is 0 Å². The molecule has 20 heavy (non-hydrogen) atoms. The normalized spacial score (nSPS) is 11.6. The van der Waals surface area contributed by atoms with Crippen LogP contribution >= 0.6 is 11.3 Å². The summed E-state index contributed by atoms with van der Waals surface area (Å²) in [4.78, 5) is 0.681. The van der Waals surface area contributed by atoms with Gasteiger partial charge >= 0.3 is 0 Å². The SMILES string of the molecule is Cc1ccc(N(C)S(=O)(=O)c2cc(C)c(CO)s2)cc1. The molecule has 108 valence electrons. The highest BCUT2D eigenvalue weighted by atomic mass is 32.2. The Morgan fingerprint density at radius 3 is 2.30 bits per heavy atom. The predicted octanol–water partition coefficient (Wildman–Crippen LogP) is 2.68. The Kier molecular flexibility index (Phi) is 4.17. The molecule has 0 radical (unpaired) electrons. The molecule has 0 fully saturated rings. The van der Waals surface area contributed by atoms with Gasteiger partial charge in [-0.05, 0) is 37.6 Å². The van der Waals surface area contributed by atoms with Gasteiger partial charge in [0.1, 0.15) is 4.21 Å². The molecule has 0 amide bonds. The van der Waals surface area contributed by atoms with Crippen LogP contribution in [0.2, 0.25) is 0 Å². The summed E-state index contributed by atoms with van der Waals surface area (Å²) >= 11 is 1.11. The van der Waals surface area contributed by atoms with Crippen molar-refractivity contribution in [3.63, 3.8) is 0 Å². The smallest absolute Gasteiger partial charge is 0.273 e. The lowest BCUT2D eigenvalue weighted by Gasteiger charge is -2.18. The zero-order valence-electron chi connectivity index (χ0n) is 11.6. The predicted molar refractivity (Wildman–Crippen MR) is 81.7 cm³/mol. The summed E-state index contributed by atoms with van der Waals surface area (Å²) in [7, 11) is -2.04. The van der Waals surface area contributed by atoms with E-state index in [0.29, 0.717) is 10.6 Å². The fourth-order valence-electron chi connectivity index (χ4n) is 1.80. The number of rotatable bonds is 4. The Labute approximate surface area is 123 Å². The zero-order valence-corrected chi connectivity index (χ0v) is 13.3. The van der Waals surface area contributed by atoms with Crippen molar-refractivity contribution < 1.29 is 13.5 Å². The Morgan fingerprint density at radius 1 is 1.20 bits per heavy atom.